The number of aryl methyl sites for hydroxylation is 2. The number of hydrogen-bond donors (Lipinski definition) is 1. The van der Waals surface area contributed by atoms with Gasteiger partial charge in [-0.15, -0.1) is 0 Å². The lowest BCUT2D eigenvalue weighted by Gasteiger charge is -2.05. The molecule has 2 rings (SSSR count). The third-order valence-electron chi connectivity index (χ3n) is 2.57. The number of aromatic nitrogens is 3. The van der Waals surface area contributed by atoms with Crippen molar-refractivity contribution in [1.82, 2.24) is 15.0 Å². The fourth-order valence-corrected chi connectivity index (χ4v) is 1.84. The Morgan fingerprint density at radius 3 is 2.85 bits per heavy atom. The van der Waals surface area contributed by atoms with Crippen molar-refractivity contribution in [3.63, 3.8) is 0 Å². The summed E-state index contributed by atoms with van der Waals surface area (Å²) in [5.41, 5.74) is -0.0178. The first-order chi connectivity index (χ1) is 9.51. The monoisotopic (exact) mass is 297 g/mol. The fourth-order valence-electron chi connectivity index (χ4n) is 1.63. The molecule has 8 nitrogen and oxygen atoms in total. The third-order valence-corrected chi connectivity index (χ3v) is 2.74. The molecule has 9 heteroatoms. The van der Waals surface area contributed by atoms with Crippen LogP contribution in [0.15, 0.2) is 10.6 Å². The zero-order valence-corrected chi connectivity index (χ0v) is 11.6. The molecular weight excluding hydrogens is 286 g/mol. The average molecular weight is 298 g/mol. The maximum atomic E-state index is 11.0. The number of halogens is 1. The normalized spacial score (nSPS) is 10.6. The third kappa shape index (κ3) is 3.02. The highest BCUT2D eigenvalue weighted by molar-refractivity contribution is 6.28. The summed E-state index contributed by atoms with van der Waals surface area (Å²) in [6.07, 6.45) is 2.34. The minimum absolute atomic E-state index is 0.0451. The number of hydrogen-bond acceptors (Lipinski definition) is 7. The lowest BCUT2D eigenvalue weighted by Crippen LogP contribution is -2.07. The van der Waals surface area contributed by atoms with E-state index < -0.39 is 4.92 Å². The van der Waals surface area contributed by atoms with E-state index in [4.69, 9.17) is 16.0 Å². The summed E-state index contributed by atoms with van der Waals surface area (Å²) < 4.78 is 5.40. The molecule has 0 unspecified atom stereocenters. The molecule has 0 fully saturated rings. The molecule has 106 valence electrons. The Morgan fingerprint density at radius 2 is 2.25 bits per heavy atom. The van der Waals surface area contributed by atoms with Crippen LogP contribution in [0.2, 0.25) is 5.28 Å². The van der Waals surface area contributed by atoms with Crippen molar-refractivity contribution in [1.29, 1.82) is 0 Å². The van der Waals surface area contributed by atoms with Gasteiger partial charge in [-0.1, -0.05) is 6.92 Å². The van der Waals surface area contributed by atoms with Gasteiger partial charge in [0.05, 0.1) is 17.7 Å². The maximum absolute atomic E-state index is 11.0. The smallest absolute Gasteiger partial charge is 0.332 e. The molecule has 0 aliphatic heterocycles. The number of nitrogens with zero attached hydrogens (tertiary/aromatic N) is 4. The van der Waals surface area contributed by atoms with Crippen molar-refractivity contribution in [2.45, 2.75) is 26.8 Å². The van der Waals surface area contributed by atoms with E-state index in [1.165, 1.54) is 6.92 Å². The Morgan fingerprint density at radius 1 is 1.50 bits per heavy atom. The lowest BCUT2D eigenvalue weighted by molar-refractivity contribution is -0.385. The van der Waals surface area contributed by atoms with Crippen LogP contribution in [0.25, 0.3) is 0 Å². The zero-order chi connectivity index (χ0) is 14.7. The molecule has 0 amide bonds. The molecular formula is C11H12ClN5O3. The van der Waals surface area contributed by atoms with Crippen molar-refractivity contribution >= 4 is 23.1 Å². The van der Waals surface area contributed by atoms with Crippen LogP contribution in [-0.4, -0.2) is 19.9 Å². The number of nitrogens with one attached hydrogen (secondary N) is 1. The number of anilines is 1. The summed E-state index contributed by atoms with van der Waals surface area (Å²) in [7, 11) is 0. The molecule has 20 heavy (non-hydrogen) atoms. The van der Waals surface area contributed by atoms with E-state index >= 15 is 0 Å². The van der Waals surface area contributed by atoms with E-state index in [0.717, 1.165) is 12.2 Å². The molecule has 1 N–H and O–H groups in total. The Hall–Kier alpha value is -2.22. The number of oxazole rings is 1. The van der Waals surface area contributed by atoms with Crippen LogP contribution in [0.3, 0.4) is 0 Å². The van der Waals surface area contributed by atoms with Crippen molar-refractivity contribution in [3.05, 3.63) is 38.9 Å². The van der Waals surface area contributed by atoms with Crippen LogP contribution in [-0.2, 0) is 13.0 Å². The van der Waals surface area contributed by atoms with Gasteiger partial charge in [0.2, 0.25) is 17.0 Å². The highest BCUT2D eigenvalue weighted by Gasteiger charge is 2.21. The van der Waals surface area contributed by atoms with Crippen molar-refractivity contribution in [2.24, 2.45) is 0 Å². The lowest BCUT2D eigenvalue weighted by atomic mass is 10.3. The first kappa shape index (κ1) is 14.2. The van der Waals surface area contributed by atoms with E-state index in [-0.39, 0.29) is 29.0 Å². The molecule has 2 aromatic heterocycles. The SMILES string of the molecule is CCc1cnc(CNc2nc(Cl)nc(C)c2[N+](=O)[O-])o1. The second-order valence-corrected chi connectivity index (χ2v) is 4.30. The van der Waals surface area contributed by atoms with Crippen molar-refractivity contribution < 1.29 is 9.34 Å². The fraction of sp³-hybridized carbons (Fsp3) is 0.364. The average Bonchev–Trinajstić information content (AvgIpc) is 2.82. The summed E-state index contributed by atoms with van der Waals surface area (Å²) in [6.45, 7) is 3.61. The van der Waals surface area contributed by atoms with Gasteiger partial charge in [-0.3, -0.25) is 10.1 Å². The van der Waals surface area contributed by atoms with Gasteiger partial charge in [0, 0.05) is 6.42 Å². The van der Waals surface area contributed by atoms with Crippen molar-refractivity contribution in [2.75, 3.05) is 5.32 Å². The van der Waals surface area contributed by atoms with Crippen LogP contribution < -0.4 is 5.32 Å². The molecule has 0 aliphatic rings. The van der Waals surface area contributed by atoms with E-state index in [2.05, 4.69) is 20.3 Å². The van der Waals surface area contributed by atoms with Crippen LogP contribution in [0.5, 0.6) is 0 Å². The molecule has 0 radical (unpaired) electrons. The van der Waals surface area contributed by atoms with Crippen LogP contribution in [0, 0.1) is 17.0 Å². The quantitative estimate of drug-likeness (QED) is 0.513. The van der Waals surface area contributed by atoms with Gasteiger partial charge in [0.1, 0.15) is 11.5 Å². The summed E-state index contributed by atoms with van der Waals surface area (Å²) in [5, 5.41) is 13.8. The maximum Gasteiger partial charge on any atom is 0.332 e. The first-order valence-electron chi connectivity index (χ1n) is 5.87. The minimum atomic E-state index is -0.555. The van der Waals surface area contributed by atoms with Gasteiger partial charge in [-0.2, -0.15) is 4.98 Å². The van der Waals surface area contributed by atoms with Gasteiger partial charge < -0.3 is 9.73 Å². The molecule has 2 aromatic rings. The topological polar surface area (TPSA) is 107 Å². The Kier molecular flexibility index (Phi) is 4.14. The summed E-state index contributed by atoms with van der Waals surface area (Å²) in [5.74, 6) is 1.21. The molecule has 0 spiro atoms. The molecule has 0 bridgehead atoms. The Balaban J connectivity index is 2.22. The van der Waals surface area contributed by atoms with Gasteiger partial charge in [-0.05, 0) is 18.5 Å². The number of nitro groups is 1. The number of rotatable bonds is 5. The molecule has 0 saturated heterocycles. The predicted octanol–water partition coefficient (Wildman–Crippen LogP) is 2.51. The minimum Gasteiger partial charge on any atom is -0.444 e. The van der Waals surface area contributed by atoms with Gasteiger partial charge in [0.15, 0.2) is 0 Å². The van der Waals surface area contributed by atoms with Crippen LogP contribution in [0.1, 0.15) is 24.3 Å². The van der Waals surface area contributed by atoms with E-state index in [1.807, 2.05) is 6.92 Å². The summed E-state index contributed by atoms with van der Waals surface area (Å²) in [6, 6.07) is 0. The summed E-state index contributed by atoms with van der Waals surface area (Å²) in [4.78, 5) is 22.1. The molecule has 0 saturated carbocycles. The first-order valence-corrected chi connectivity index (χ1v) is 6.25. The highest BCUT2D eigenvalue weighted by atomic mass is 35.5. The van der Waals surface area contributed by atoms with Crippen LogP contribution >= 0.6 is 11.6 Å². The predicted molar refractivity (Wildman–Crippen MR) is 71.6 cm³/mol. The van der Waals surface area contributed by atoms with E-state index in [1.54, 1.807) is 6.20 Å². The van der Waals surface area contributed by atoms with Crippen LogP contribution in [0.4, 0.5) is 11.5 Å². The standard InChI is InChI=1S/C11H12ClN5O3/c1-3-7-4-13-8(20-7)5-14-10-9(17(18)19)6(2)15-11(12)16-10/h4H,3,5H2,1-2H3,(H,14,15,16). The second kappa shape index (κ2) is 5.83. The molecule has 0 aliphatic carbocycles. The Bertz CT molecular complexity index is 643. The molecule has 0 aromatic carbocycles. The van der Waals surface area contributed by atoms with Gasteiger partial charge in [0.25, 0.3) is 0 Å². The highest BCUT2D eigenvalue weighted by Crippen LogP contribution is 2.26. The second-order valence-electron chi connectivity index (χ2n) is 3.96. The summed E-state index contributed by atoms with van der Waals surface area (Å²) >= 11 is 5.71. The van der Waals surface area contributed by atoms with E-state index in [9.17, 15) is 10.1 Å². The molecule has 0 atom stereocenters. The van der Waals surface area contributed by atoms with Gasteiger partial charge >= 0.3 is 5.69 Å². The Labute approximate surface area is 119 Å². The molecule has 2 heterocycles. The van der Waals surface area contributed by atoms with E-state index in [0.29, 0.717) is 5.89 Å². The zero-order valence-electron chi connectivity index (χ0n) is 10.9. The van der Waals surface area contributed by atoms with Gasteiger partial charge in [-0.25, -0.2) is 9.97 Å². The largest absolute Gasteiger partial charge is 0.444 e. The van der Waals surface area contributed by atoms with Crippen molar-refractivity contribution in [3.8, 4) is 0 Å².